The molecule has 1 aliphatic carbocycles. The van der Waals surface area contributed by atoms with E-state index in [9.17, 15) is 0 Å². The monoisotopic (exact) mass is 252 g/mol. The number of unbranched alkanes of at least 4 members (excludes halogenated alkanes) is 2. The Kier molecular flexibility index (Phi) is 5.43. The van der Waals surface area contributed by atoms with E-state index in [0.717, 1.165) is 5.75 Å². The second-order valence-electron chi connectivity index (χ2n) is 3.86. The van der Waals surface area contributed by atoms with Gasteiger partial charge in [0, 0.05) is 5.75 Å². The molecular weight excluding hydrogens is 235 g/mol. The van der Waals surface area contributed by atoms with Crippen LogP contribution < -0.4 is 0 Å². The molecule has 0 bridgehead atoms. The molecule has 0 aliphatic heterocycles. The Morgan fingerprint density at radius 2 is 1.71 bits per heavy atom. The van der Waals surface area contributed by atoms with Gasteiger partial charge in [0.2, 0.25) is 0 Å². The van der Waals surface area contributed by atoms with Crippen molar-refractivity contribution in [2.75, 3.05) is 12.0 Å². The number of allylic oxidation sites excluding steroid dienone is 4. The van der Waals surface area contributed by atoms with Crippen LogP contribution >= 0.6 is 29.8 Å². The molecule has 0 N–H and O–H groups in total. The molecule has 0 unspecified atom stereocenters. The van der Waals surface area contributed by atoms with E-state index in [1.165, 1.54) is 25.7 Å². The minimum Gasteiger partial charge on any atom is -0.0873 e. The van der Waals surface area contributed by atoms with Crippen LogP contribution in [0.3, 0.4) is 0 Å². The van der Waals surface area contributed by atoms with E-state index in [1.807, 2.05) is 6.26 Å². The van der Waals surface area contributed by atoms with Crippen LogP contribution in [0.25, 0.3) is 0 Å². The average molecular weight is 253 g/mol. The van der Waals surface area contributed by atoms with E-state index in [-0.39, 0.29) is 0 Å². The third-order valence-corrected chi connectivity index (χ3v) is 4.30. The highest BCUT2D eigenvalue weighted by atomic mass is 36.0. The quantitative estimate of drug-likeness (QED) is 0.582. The Bertz CT molecular complexity index is 204. The molecule has 0 saturated carbocycles. The van der Waals surface area contributed by atoms with Crippen LogP contribution in [-0.4, -0.2) is 12.0 Å². The van der Waals surface area contributed by atoms with Gasteiger partial charge in [-0.2, -0.15) is 0 Å². The zero-order chi connectivity index (χ0) is 10.4. The molecule has 0 nitrogen and oxygen atoms in total. The van der Waals surface area contributed by atoms with Crippen LogP contribution in [-0.2, 0) is 0 Å². The van der Waals surface area contributed by atoms with Crippen molar-refractivity contribution in [3.63, 3.8) is 0 Å². The lowest BCUT2D eigenvalue weighted by Gasteiger charge is -2.17. The molecule has 0 spiro atoms. The first kappa shape index (κ1) is 12.5. The molecule has 0 aromatic carbocycles. The van der Waals surface area contributed by atoms with Crippen LogP contribution in [0.15, 0.2) is 24.3 Å². The summed E-state index contributed by atoms with van der Waals surface area (Å²) in [7, 11) is 10.6. The highest BCUT2D eigenvalue weighted by molar-refractivity contribution is 8.65. The van der Waals surface area contributed by atoms with Crippen molar-refractivity contribution in [3.05, 3.63) is 24.3 Å². The summed E-state index contributed by atoms with van der Waals surface area (Å²) in [5, 5.41) is 0. The van der Waals surface area contributed by atoms with Crippen LogP contribution in [0.1, 0.15) is 25.7 Å². The van der Waals surface area contributed by atoms with Gasteiger partial charge in [0.15, 0.2) is 0 Å². The molecule has 0 atom stereocenters. The molecule has 0 aromatic heterocycles. The first-order chi connectivity index (χ1) is 6.58. The summed E-state index contributed by atoms with van der Waals surface area (Å²) >= 11 is 0. The van der Waals surface area contributed by atoms with E-state index < -0.39 is 8.46 Å². The van der Waals surface area contributed by atoms with Crippen LogP contribution in [0.4, 0.5) is 0 Å². The lowest BCUT2D eigenvalue weighted by Crippen LogP contribution is -1.92. The van der Waals surface area contributed by atoms with Crippen LogP contribution in [0.2, 0.25) is 0 Å². The third-order valence-electron chi connectivity index (χ3n) is 2.37. The molecule has 82 valence electrons. The van der Waals surface area contributed by atoms with Gasteiger partial charge < -0.3 is 0 Å². The normalized spacial score (nSPS) is 17.9. The van der Waals surface area contributed by atoms with E-state index in [2.05, 4.69) is 24.3 Å². The fourth-order valence-electron chi connectivity index (χ4n) is 1.58. The van der Waals surface area contributed by atoms with Gasteiger partial charge in [-0.1, -0.05) is 67.0 Å². The van der Waals surface area contributed by atoms with Crippen molar-refractivity contribution < 1.29 is 0 Å². The summed E-state index contributed by atoms with van der Waals surface area (Å²) in [6.45, 7) is 0. The molecule has 14 heavy (non-hydrogen) atoms. The summed E-state index contributed by atoms with van der Waals surface area (Å²) in [6.07, 6.45) is 15.7. The van der Waals surface area contributed by atoms with Crippen molar-refractivity contribution in [2.45, 2.75) is 25.7 Å². The molecule has 0 amide bonds. The minimum atomic E-state index is -1.31. The number of halogens is 2. The van der Waals surface area contributed by atoms with Crippen LogP contribution in [0, 0.1) is 5.92 Å². The third kappa shape index (κ3) is 6.00. The summed E-state index contributed by atoms with van der Waals surface area (Å²) in [4.78, 5) is 0. The maximum Gasteiger partial charge on any atom is 0.00275 e. The molecular formula is C11H18Cl2S. The first-order valence-corrected chi connectivity index (χ1v) is 8.94. The minimum absolute atomic E-state index is 0.681. The Morgan fingerprint density at radius 1 is 1.07 bits per heavy atom. The summed E-state index contributed by atoms with van der Waals surface area (Å²) in [6, 6.07) is 0. The second kappa shape index (κ2) is 6.09. The van der Waals surface area contributed by atoms with Gasteiger partial charge >= 0.3 is 0 Å². The molecule has 1 rings (SSSR count). The lowest BCUT2D eigenvalue weighted by atomic mass is 10.0. The van der Waals surface area contributed by atoms with Gasteiger partial charge in [0.05, 0.1) is 0 Å². The summed E-state index contributed by atoms with van der Waals surface area (Å²) in [5.74, 6) is 1.66. The summed E-state index contributed by atoms with van der Waals surface area (Å²) in [5.41, 5.74) is 0. The number of hydrogen-bond acceptors (Lipinski definition) is 0. The zero-order valence-corrected chi connectivity index (χ0v) is 10.9. The van der Waals surface area contributed by atoms with Crippen molar-refractivity contribution >= 4 is 29.8 Å². The van der Waals surface area contributed by atoms with Gasteiger partial charge in [-0.25, -0.2) is 0 Å². The molecule has 1 aliphatic rings. The lowest BCUT2D eigenvalue weighted by molar-refractivity contribution is 0.617. The van der Waals surface area contributed by atoms with E-state index in [0.29, 0.717) is 5.92 Å². The van der Waals surface area contributed by atoms with E-state index in [1.54, 1.807) is 0 Å². The van der Waals surface area contributed by atoms with E-state index in [4.69, 9.17) is 21.4 Å². The van der Waals surface area contributed by atoms with Crippen molar-refractivity contribution in [1.29, 1.82) is 0 Å². The van der Waals surface area contributed by atoms with Gasteiger partial charge in [0.1, 0.15) is 0 Å². The Morgan fingerprint density at radius 3 is 2.29 bits per heavy atom. The average Bonchev–Trinajstić information content (AvgIpc) is 2.54. The van der Waals surface area contributed by atoms with Crippen molar-refractivity contribution in [2.24, 2.45) is 5.92 Å². The Labute approximate surface area is 97.7 Å². The second-order valence-corrected chi connectivity index (χ2v) is 10.6. The standard InChI is InChI=1S/C11H18Cl2S/c1-14(12,13)10-6-2-3-7-11-8-4-5-9-11/h4-5,8-9,11H,2-3,6-7,10H2,1H3. The molecule has 0 aromatic rings. The predicted molar refractivity (Wildman–Crippen MR) is 70.3 cm³/mol. The highest BCUT2D eigenvalue weighted by Gasteiger charge is 2.09. The zero-order valence-electron chi connectivity index (χ0n) is 8.59. The fraction of sp³-hybridized carbons (Fsp3) is 0.636. The van der Waals surface area contributed by atoms with Gasteiger partial charge in [-0.3, -0.25) is 0 Å². The van der Waals surface area contributed by atoms with Crippen molar-refractivity contribution in [1.82, 2.24) is 0 Å². The number of hydrogen-bond donors (Lipinski definition) is 0. The molecule has 0 fully saturated rings. The molecule has 0 heterocycles. The fourth-order valence-corrected chi connectivity index (χ4v) is 2.95. The summed E-state index contributed by atoms with van der Waals surface area (Å²) < 4.78 is 0. The maximum absolute atomic E-state index is 5.97. The van der Waals surface area contributed by atoms with Gasteiger partial charge in [-0.15, -0.1) is 0 Å². The van der Waals surface area contributed by atoms with Gasteiger partial charge in [-0.05, 0) is 25.0 Å². The topological polar surface area (TPSA) is 0 Å². The van der Waals surface area contributed by atoms with E-state index >= 15 is 0 Å². The highest BCUT2D eigenvalue weighted by Crippen LogP contribution is 2.55. The Balaban J connectivity index is 1.94. The first-order valence-electron chi connectivity index (χ1n) is 5.08. The SMILES string of the molecule is CS(Cl)(Cl)CCCCCC1C=CC=C1. The Hall–Kier alpha value is 0.410. The molecule has 3 heteroatoms. The maximum atomic E-state index is 5.97. The predicted octanol–water partition coefficient (Wildman–Crippen LogP) is 5.03. The van der Waals surface area contributed by atoms with Crippen molar-refractivity contribution in [3.8, 4) is 0 Å². The number of rotatable bonds is 6. The molecule has 0 radical (unpaired) electrons. The smallest absolute Gasteiger partial charge is 0.00275 e. The molecule has 0 saturated heterocycles. The van der Waals surface area contributed by atoms with Crippen LogP contribution in [0.5, 0.6) is 0 Å². The largest absolute Gasteiger partial charge is 0.0873 e. The van der Waals surface area contributed by atoms with Gasteiger partial charge in [0.25, 0.3) is 0 Å².